The van der Waals surface area contributed by atoms with Crippen LogP contribution in [0.5, 0.6) is 17.2 Å². The lowest BCUT2D eigenvalue weighted by atomic mass is 10.1. The predicted octanol–water partition coefficient (Wildman–Crippen LogP) is 12.2. The second-order valence-electron chi connectivity index (χ2n) is 20.0. The normalized spacial score (nSPS) is 10.8. The molecule has 0 saturated carbocycles. The minimum absolute atomic E-state index is 0.00519. The number of aromatic hydroxyl groups is 1. The number of furan rings is 3. The summed E-state index contributed by atoms with van der Waals surface area (Å²) in [5.41, 5.74) is 2.24. The summed E-state index contributed by atoms with van der Waals surface area (Å²) in [7, 11) is 2.86. The quantitative estimate of drug-likeness (QED) is 0.0564. The van der Waals surface area contributed by atoms with Gasteiger partial charge in [-0.25, -0.2) is 13.2 Å². The average Bonchev–Trinajstić information content (AvgIpc) is 1.95. The molecule has 0 aliphatic carbocycles. The van der Waals surface area contributed by atoms with Crippen LogP contribution in [0.4, 0.5) is 13.2 Å². The second-order valence-corrected chi connectivity index (χ2v) is 20.0. The minimum atomic E-state index is -0.786. The summed E-state index contributed by atoms with van der Waals surface area (Å²) >= 11 is 0. The van der Waals surface area contributed by atoms with Crippen molar-refractivity contribution in [2.24, 2.45) is 0 Å². The third-order valence-corrected chi connectivity index (χ3v) is 13.2. The molecule has 0 unspecified atom stereocenters. The van der Waals surface area contributed by atoms with E-state index in [9.17, 15) is 52.2 Å². The van der Waals surface area contributed by atoms with Crippen molar-refractivity contribution >= 4 is 17.3 Å². The lowest BCUT2D eigenvalue weighted by Gasteiger charge is -2.10. The standard InChI is InChI=1S/C26H21FO6.C25H19FO6.C19H15FO6/c1-30-16-21-14-22(28)25(31-15-18-5-3-2-4-6-18)26(33-21)24(29)23-12-11-20(32-23)13-17-7-9-19(27)10-8-17;26-18-8-6-16(7-9-18)12-19-10-11-22(31-19)23(29)25-24(21(28)13-20(14-27)32-25)30-15-17-4-2-1-3-5-17;1-24-10-14-9-15(21)17(22)19(26-14)18(23)16-7-6-13(25-16)8-11-2-4-12(20)5-3-11/h2-12,14H,13,15-16H2,1H3;1-11,13,27H,12,14-15H2;2-7,9,22H,8,10H2,1H3. The topological polar surface area (TPSA) is 259 Å². The first-order valence-corrected chi connectivity index (χ1v) is 27.8. The number of aliphatic hydroxyl groups excluding tert-OH is 1. The first-order valence-electron chi connectivity index (χ1n) is 27.8. The van der Waals surface area contributed by atoms with Crippen molar-refractivity contribution in [2.45, 2.75) is 52.3 Å². The van der Waals surface area contributed by atoms with Crippen molar-refractivity contribution in [1.29, 1.82) is 0 Å². The molecule has 0 bridgehead atoms. The first kappa shape index (κ1) is 64.3. The lowest BCUT2D eigenvalue weighted by Crippen LogP contribution is -2.15. The number of rotatable bonds is 23. The summed E-state index contributed by atoms with van der Waals surface area (Å²) in [6, 6.07) is 48.8. The number of ether oxygens (including phenoxy) is 4. The van der Waals surface area contributed by atoms with E-state index in [2.05, 4.69) is 0 Å². The highest BCUT2D eigenvalue weighted by Gasteiger charge is 2.28. The molecule has 0 amide bonds. The Morgan fingerprint density at radius 2 is 0.703 bits per heavy atom. The smallest absolute Gasteiger partial charge is 0.267 e. The summed E-state index contributed by atoms with van der Waals surface area (Å²) in [6.45, 7) is -0.420. The first-order chi connectivity index (χ1) is 44.0. The highest BCUT2D eigenvalue weighted by atomic mass is 19.1. The number of hydrogen-bond donors (Lipinski definition) is 2. The maximum absolute atomic E-state index is 13.2. The molecule has 0 atom stereocenters. The van der Waals surface area contributed by atoms with E-state index in [1.54, 1.807) is 54.6 Å². The third kappa shape index (κ3) is 17.4. The molecule has 5 aromatic carbocycles. The van der Waals surface area contributed by atoms with Crippen LogP contribution in [0, 0.1) is 17.5 Å². The monoisotopic (exact) mass is 1240 g/mol. The van der Waals surface area contributed by atoms with Gasteiger partial charge in [0.15, 0.2) is 17.3 Å². The molecule has 6 heterocycles. The number of halogens is 3. The summed E-state index contributed by atoms with van der Waals surface area (Å²) in [5, 5.41) is 19.2. The van der Waals surface area contributed by atoms with Crippen LogP contribution in [-0.2, 0) is 61.8 Å². The SMILES string of the molecule is COCc1cc(=O)c(O)c(C(=O)c2ccc(Cc3ccc(F)cc3)o2)o1.COCc1cc(=O)c(OCc2ccccc2)c(C(=O)c2ccc(Cc3ccc(F)cc3)o2)o1.O=C(c1ccc(Cc2ccc(F)cc2)o1)c1oc(CO)cc(=O)c1OCc1ccccc1. The van der Waals surface area contributed by atoms with Gasteiger partial charge in [-0.3, -0.25) is 28.8 Å². The summed E-state index contributed by atoms with van der Waals surface area (Å²) in [6.07, 6.45) is 1.08. The van der Waals surface area contributed by atoms with Crippen LogP contribution in [0.15, 0.2) is 229 Å². The van der Waals surface area contributed by atoms with Gasteiger partial charge in [0.2, 0.25) is 50.8 Å². The molecule has 91 heavy (non-hydrogen) atoms. The van der Waals surface area contributed by atoms with E-state index in [0.29, 0.717) is 36.5 Å². The van der Waals surface area contributed by atoms with Gasteiger partial charge >= 0.3 is 0 Å². The number of methoxy groups -OCH3 is 2. The van der Waals surface area contributed by atoms with Crippen LogP contribution in [0.1, 0.15) is 111 Å². The molecule has 18 nitrogen and oxygen atoms in total. The van der Waals surface area contributed by atoms with E-state index in [1.165, 1.54) is 74.9 Å². The van der Waals surface area contributed by atoms with E-state index in [0.717, 1.165) is 39.9 Å². The van der Waals surface area contributed by atoms with Crippen LogP contribution in [-0.4, -0.2) is 41.8 Å². The molecule has 11 aromatic rings. The molecule has 0 fully saturated rings. The highest BCUT2D eigenvalue weighted by Crippen LogP contribution is 2.27. The Balaban J connectivity index is 0.000000163. The minimum Gasteiger partial charge on any atom is -0.501 e. The Kier molecular flexibility index (Phi) is 21.7. The molecule has 0 spiro atoms. The van der Waals surface area contributed by atoms with Gasteiger partial charge in [-0.05, 0) is 101 Å². The maximum atomic E-state index is 13.2. The fraction of sp³-hybridized carbons (Fsp3) is 0.143. The van der Waals surface area contributed by atoms with Gasteiger partial charge in [0, 0.05) is 51.7 Å². The van der Waals surface area contributed by atoms with Crippen molar-refractivity contribution in [1.82, 2.24) is 0 Å². The Hall–Kier alpha value is -11.1. The van der Waals surface area contributed by atoms with Crippen LogP contribution in [0.3, 0.4) is 0 Å². The van der Waals surface area contributed by atoms with Gasteiger partial charge in [-0.1, -0.05) is 97.1 Å². The molecule has 0 aliphatic rings. The number of benzene rings is 5. The van der Waals surface area contributed by atoms with E-state index in [1.807, 2.05) is 60.7 Å². The van der Waals surface area contributed by atoms with Crippen LogP contribution < -0.4 is 25.8 Å². The predicted molar refractivity (Wildman–Crippen MR) is 320 cm³/mol. The molecule has 21 heteroatoms. The Labute approximate surface area is 515 Å². The van der Waals surface area contributed by atoms with Crippen LogP contribution >= 0.6 is 0 Å². The Morgan fingerprint density at radius 1 is 0.374 bits per heavy atom. The van der Waals surface area contributed by atoms with Crippen molar-refractivity contribution in [3.63, 3.8) is 0 Å². The van der Waals surface area contributed by atoms with Gasteiger partial charge in [0.05, 0.1) is 0 Å². The van der Waals surface area contributed by atoms with Crippen molar-refractivity contribution in [3.8, 4) is 17.2 Å². The zero-order chi connectivity index (χ0) is 64.4. The maximum Gasteiger partial charge on any atom is 0.267 e. The number of carbonyl (C=O) groups excluding carboxylic acids is 3. The summed E-state index contributed by atoms with van der Waals surface area (Å²) in [5.74, 6) is -3.90. The molecular formula is C70H55F3O18. The van der Waals surface area contributed by atoms with Crippen LogP contribution in [0.25, 0.3) is 0 Å². The Morgan fingerprint density at radius 3 is 1.07 bits per heavy atom. The van der Waals surface area contributed by atoms with E-state index < -0.39 is 51.8 Å². The second kappa shape index (κ2) is 30.7. The average molecular weight is 1240 g/mol. The molecule has 0 aliphatic heterocycles. The summed E-state index contributed by atoms with van der Waals surface area (Å²) < 4.78 is 93.6. The van der Waals surface area contributed by atoms with Gasteiger partial charge in [0.1, 0.15) is 85.0 Å². The van der Waals surface area contributed by atoms with Crippen molar-refractivity contribution in [3.05, 3.63) is 333 Å². The number of hydrogen-bond acceptors (Lipinski definition) is 18. The molecule has 6 aromatic heterocycles. The number of ketones is 3. The largest absolute Gasteiger partial charge is 0.501 e. The van der Waals surface area contributed by atoms with Gasteiger partial charge in [0.25, 0.3) is 17.3 Å². The fourth-order valence-corrected chi connectivity index (χ4v) is 8.82. The van der Waals surface area contributed by atoms with Gasteiger partial charge < -0.3 is 55.7 Å². The Bertz CT molecular complexity index is 4450. The van der Waals surface area contributed by atoms with Crippen molar-refractivity contribution < 1.29 is 83.2 Å². The number of aliphatic hydroxyl groups is 1. The zero-order valence-corrected chi connectivity index (χ0v) is 48.6. The molecule has 0 saturated heterocycles. The van der Waals surface area contributed by atoms with Gasteiger partial charge in [-0.15, -0.1) is 0 Å². The van der Waals surface area contributed by atoms with Crippen molar-refractivity contribution in [2.75, 3.05) is 14.2 Å². The fourth-order valence-electron chi connectivity index (χ4n) is 8.82. The van der Waals surface area contributed by atoms with E-state index in [4.69, 9.17) is 45.5 Å². The number of carbonyl (C=O) groups is 3. The zero-order valence-electron chi connectivity index (χ0n) is 48.6. The summed E-state index contributed by atoms with van der Waals surface area (Å²) in [4.78, 5) is 75.8. The van der Waals surface area contributed by atoms with Gasteiger partial charge in [-0.2, -0.15) is 0 Å². The molecule has 2 N–H and O–H groups in total. The third-order valence-electron chi connectivity index (χ3n) is 13.2. The van der Waals surface area contributed by atoms with E-state index >= 15 is 0 Å². The van der Waals surface area contributed by atoms with E-state index in [-0.39, 0.29) is 101 Å². The highest BCUT2D eigenvalue weighted by molar-refractivity contribution is 6.08. The lowest BCUT2D eigenvalue weighted by molar-refractivity contribution is 0.0952. The molecule has 464 valence electrons. The molecule has 0 radical (unpaired) electrons. The molecule has 11 rings (SSSR count). The molecular weight excluding hydrogens is 1190 g/mol. The van der Waals surface area contributed by atoms with Crippen LogP contribution in [0.2, 0.25) is 0 Å².